The first-order valence-corrected chi connectivity index (χ1v) is 9.43. The van der Waals surface area contributed by atoms with Gasteiger partial charge >= 0.3 is 0 Å². The summed E-state index contributed by atoms with van der Waals surface area (Å²) < 4.78 is 0. The zero-order valence-corrected chi connectivity index (χ0v) is 15.1. The van der Waals surface area contributed by atoms with Crippen molar-refractivity contribution in [1.82, 2.24) is 4.90 Å². The van der Waals surface area contributed by atoms with Crippen molar-refractivity contribution in [3.63, 3.8) is 0 Å². The quantitative estimate of drug-likeness (QED) is 0.783. The van der Waals surface area contributed by atoms with Gasteiger partial charge in [0.05, 0.1) is 0 Å². The zero-order chi connectivity index (χ0) is 17.6. The molecular formula is C21H28N2O2. The molecule has 0 unspecified atom stereocenters. The SMILES string of the molecule is CN(C(=O)C1CCN(C(=O)CC2=CCCCC2)CC1)c1ccccc1. The molecule has 4 nitrogen and oxygen atoms in total. The van der Waals surface area contributed by atoms with Crippen molar-refractivity contribution in [2.75, 3.05) is 25.0 Å². The summed E-state index contributed by atoms with van der Waals surface area (Å²) in [6.45, 7) is 1.40. The highest BCUT2D eigenvalue weighted by molar-refractivity contribution is 5.94. The number of nitrogens with zero attached hydrogens (tertiary/aromatic N) is 2. The van der Waals surface area contributed by atoms with Crippen LogP contribution in [0.4, 0.5) is 5.69 Å². The fraction of sp³-hybridized carbons (Fsp3) is 0.524. The second-order valence-electron chi connectivity index (χ2n) is 7.17. The van der Waals surface area contributed by atoms with Crippen molar-refractivity contribution in [2.45, 2.75) is 44.9 Å². The third-order valence-electron chi connectivity index (χ3n) is 5.43. The van der Waals surface area contributed by atoms with Gasteiger partial charge < -0.3 is 9.80 Å². The van der Waals surface area contributed by atoms with Crippen LogP contribution < -0.4 is 4.90 Å². The van der Waals surface area contributed by atoms with Gasteiger partial charge in [-0.3, -0.25) is 9.59 Å². The minimum Gasteiger partial charge on any atom is -0.342 e. The van der Waals surface area contributed by atoms with Crippen LogP contribution in [0.15, 0.2) is 42.0 Å². The lowest BCUT2D eigenvalue weighted by molar-refractivity contribution is -0.134. The van der Waals surface area contributed by atoms with Gasteiger partial charge in [-0.25, -0.2) is 0 Å². The van der Waals surface area contributed by atoms with Gasteiger partial charge in [0.15, 0.2) is 0 Å². The van der Waals surface area contributed by atoms with Gasteiger partial charge in [-0.05, 0) is 50.7 Å². The molecule has 1 heterocycles. The fourth-order valence-electron chi connectivity index (χ4n) is 3.80. The number of amides is 2. The molecule has 2 aliphatic rings. The summed E-state index contributed by atoms with van der Waals surface area (Å²) in [5.41, 5.74) is 2.23. The molecule has 25 heavy (non-hydrogen) atoms. The van der Waals surface area contributed by atoms with Crippen LogP contribution in [0.5, 0.6) is 0 Å². The molecule has 1 aliphatic carbocycles. The molecule has 0 spiro atoms. The molecule has 1 saturated heterocycles. The van der Waals surface area contributed by atoms with Crippen LogP contribution in [0.2, 0.25) is 0 Å². The van der Waals surface area contributed by atoms with Gasteiger partial charge in [0, 0.05) is 38.2 Å². The van der Waals surface area contributed by atoms with Crippen LogP contribution in [0.25, 0.3) is 0 Å². The van der Waals surface area contributed by atoms with Crippen LogP contribution >= 0.6 is 0 Å². The number of benzene rings is 1. The third kappa shape index (κ3) is 4.50. The Morgan fingerprint density at radius 3 is 2.48 bits per heavy atom. The number of carbonyl (C=O) groups is 2. The maximum absolute atomic E-state index is 12.7. The maximum Gasteiger partial charge on any atom is 0.229 e. The minimum absolute atomic E-state index is 0.0168. The molecule has 0 radical (unpaired) electrons. The Kier molecular flexibility index (Phi) is 5.90. The Labute approximate surface area is 150 Å². The zero-order valence-electron chi connectivity index (χ0n) is 15.1. The van der Waals surface area contributed by atoms with Crippen LogP contribution in [-0.4, -0.2) is 36.9 Å². The highest BCUT2D eigenvalue weighted by Crippen LogP contribution is 2.25. The van der Waals surface area contributed by atoms with E-state index in [0.717, 1.165) is 31.4 Å². The highest BCUT2D eigenvalue weighted by atomic mass is 16.2. The van der Waals surface area contributed by atoms with E-state index in [2.05, 4.69) is 6.08 Å². The van der Waals surface area contributed by atoms with Gasteiger partial charge in [-0.1, -0.05) is 29.8 Å². The average molecular weight is 340 g/mol. The lowest BCUT2D eigenvalue weighted by Crippen LogP contribution is -2.43. The Morgan fingerprint density at radius 2 is 1.84 bits per heavy atom. The van der Waals surface area contributed by atoms with E-state index < -0.39 is 0 Å². The number of para-hydroxylation sites is 1. The fourth-order valence-corrected chi connectivity index (χ4v) is 3.80. The normalized spacial score (nSPS) is 18.6. The van der Waals surface area contributed by atoms with Gasteiger partial charge in [0.2, 0.25) is 11.8 Å². The number of carbonyl (C=O) groups excluding carboxylic acids is 2. The smallest absolute Gasteiger partial charge is 0.229 e. The van der Waals surface area contributed by atoms with E-state index in [1.807, 2.05) is 42.3 Å². The standard InChI is InChI=1S/C21H28N2O2/c1-22(19-10-6-3-7-11-19)21(25)18-12-14-23(15-13-18)20(24)16-17-8-4-2-5-9-17/h3,6-8,10-11,18H,2,4-5,9,12-16H2,1H3. The largest absolute Gasteiger partial charge is 0.342 e. The number of likely N-dealkylation sites (tertiary alicyclic amines) is 1. The van der Waals surface area contributed by atoms with E-state index in [-0.39, 0.29) is 17.7 Å². The number of piperidine rings is 1. The molecule has 0 bridgehead atoms. The summed E-state index contributed by atoms with van der Waals surface area (Å²) in [5, 5.41) is 0. The molecule has 0 aromatic heterocycles. The molecule has 1 fully saturated rings. The minimum atomic E-state index is 0.0168. The van der Waals surface area contributed by atoms with Gasteiger partial charge in [0.25, 0.3) is 0 Å². The highest BCUT2D eigenvalue weighted by Gasteiger charge is 2.29. The number of hydrogen-bond donors (Lipinski definition) is 0. The monoisotopic (exact) mass is 340 g/mol. The Hall–Kier alpha value is -2.10. The number of rotatable bonds is 4. The third-order valence-corrected chi connectivity index (χ3v) is 5.43. The topological polar surface area (TPSA) is 40.6 Å². The number of hydrogen-bond acceptors (Lipinski definition) is 2. The van der Waals surface area contributed by atoms with Crippen molar-refractivity contribution in [2.24, 2.45) is 5.92 Å². The molecule has 1 aromatic carbocycles. The molecule has 0 atom stereocenters. The van der Waals surface area contributed by atoms with E-state index in [4.69, 9.17) is 0 Å². The van der Waals surface area contributed by atoms with E-state index in [0.29, 0.717) is 19.5 Å². The Bertz CT molecular complexity index is 631. The van der Waals surface area contributed by atoms with Gasteiger partial charge in [-0.2, -0.15) is 0 Å². The number of allylic oxidation sites excluding steroid dienone is 1. The van der Waals surface area contributed by atoms with Crippen molar-refractivity contribution in [3.8, 4) is 0 Å². The second kappa shape index (κ2) is 8.32. The van der Waals surface area contributed by atoms with Crippen molar-refractivity contribution < 1.29 is 9.59 Å². The molecule has 4 heteroatoms. The molecule has 0 saturated carbocycles. The van der Waals surface area contributed by atoms with Crippen LogP contribution in [0.1, 0.15) is 44.9 Å². The summed E-state index contributed by atoms with van der Waals surface area (Å²) in [4.78, 5) is 28.9. The summed E-state index contributed by atoms with van der Waals surface area (Å²) >= 11 is 0. The maximum atomic E-state index is 12.7. The van der Waals surface area contributed by atoms with Crippen LogP contribution in [-0.2, 0) is 9.59 Å². The van der Waals surface area contributed by atoms with E-state index in [1.165, 1.54) is 18.4 Å². The molecule has 3 rings (SSSR count). The van der Waals surface area contributed by atoms with E-state index >= 15 is 0 Å². The average Bonchev–Trinajstić information content (AvgIpc) is 2.68. The summed E-state index contributed by atoms with van der Waals surface area (Å²) in [6, 6.07) is 9.75. The first-order valence-electron chi connectivity index (χ1n) is 9.43. The summed E-state index contributed by atoms with van der Waals surface area (Å²) in [6.07, 6.45) is 8.99. The summed E-state index contributed by atoms with van der Waals surface area (Å²) in [7, 11) is 1.84. The molecule has 1 aliphatic heterocycles. The molecule has 0 N–H and O–H groups in total. The lowest BCUT2D eigenvalue weighted by atomic mass is 9.93. The molecule has 1 aromatic rings. The van der Waals surface area contributed by atoms with Crippen molar-refractivity contribution in [1.29, 1.82) is 0 Å². The Morgan fingerprint density at radius 1 is 1.12 bits per heavy atom. The van der Waals surface area contributed by atoms with Crippen LogP contribution in [0, 0.1) is 5.92 Å². The van der Waals surface area contributed by atoms with Gasteiger partial charge in [-0.15, -0.1) is 0 Å². The van der Waals surface area contributed by atoms with Crippen molar-refractivity contribution >= 4 is 17.5 Å². The number of anilines is 1. The molecule has 134 valence electrons. The second-order valence-corrected chi connectivity index (χ2v) is 7.17. The Balaban J connectivity index is 1.50. The molecule has 2 amide bonds. The van der Waals surface area contributed by atoms with Crippen molar-refractivity contribution in [3.05, 3.63) is 42.0 Å². The lowest BCUT2D eigenvalue weighted by Gasteiger charge is -2.33. The predicted octanol–water partition coefficient (Wildman–Crippen LogP) is 3.78. The van der Waals surface area contributed by atoms with E-state index in [1.54, 1.807) is 4.90 Å². The molecular weight excluding hydrogens is 312 g/mol. The van der Waals surface area contributed by atoms with Gasteiger partial charge in [0.1, 0.15) is 0 Å². The predicted molar refractivity (Wildman–Crippen MR) is 100 cm³/mol. The first kappa shape index (κ1) is 17.7. The first-order chi connectivity index (χ1) is 12.1. The summed E-state index contributed by atoms with van der Waals surface area (Å²) in [5.74, 6) is 0.409. The van der Waals surface area contributed by atoms with E-state index in [9.17, 15) is 9.59 Å². The van der Waals surface area contributed by atoms with Crippen LogP contribution in [0.3, 0.4) is 0 Å².